The molecular formula is C70H73Cl2F4N7O14. The lowest BCUT2D eigenvalue weighted by atomic mass is 9.97. The predicted molar refractivity (Wildman–Crippen MR) is 361 cm³/mol. The molecule has 514 valence electrons. The molecule has 5 heterocycles. The number of fused-ring (bicyclic) bond motifs is 6. The van der Waals surface area contributed by atoms with E-state index in [9.17, 15) is 34.4 Å². The average Bonchev–Trinajstić information content (AvgIpc) is 0.723. The van der Waals surface area contributed by atoms with Crippen LogP contribution in [0, 0.1) is 33.4 Å². The van der Waals surface area contributed by atoms with Crippen LogP contribution in [0.1, 0.15) is 66.5 Å². The highest BCUT2D eigenvalue weighted by Gasteiger charge is 2.45. The van der Waals surface area contributed by atoms with Crippen LogP contribution >= 0.6 is 23.2 Å². The summed E-state index contributed by atoms with van der Waals surface area (Å²) in [5, 5.41) is 23.2. The minimum absolute atomic E-state index is 0.0192. The van der Waals surface area contributed by atoms with Gasteiger partial charge in [-0.25, -0.2) is 27.2 Å². The molecule has 2 fully saturated rings. The first-order chi connectivity index (χ1) is 45.9. The summed E-state index contributed by atoms with van der Waals surface area (Å²) in [4.78, 5) is 73.2. The van der Waals surface area contributed by atoms with E-state index < -0.39 is 98.2 Å². The molecule has 3 aliphatic rings. The van der Waals surface area contributed by atoms with E-state index in [1.807, 2.05) is 11.8 Å². The van der Waals surface area contributed by atoms with Crippen LogP contribution in [0.4, 0.5) is 44.2 Å². The Kier molecular flexibility index (Phi) is 20.3. The minimum Gasteiger partial charge on any atom is -0.497 e. The van der Waals surface area contributed by atoms with E-state index in [0.29, 0.717) is 40.2 Å². The maximum absolute atomic E-state index is 17.2. The summed E-state index contributed by atoms with van der Waals surface area (Å²) < 4.78 is 106. The molecule has 0 bridgehead atoms. The van der Waals surface area contributed by atoms with Gasteiger partial charge >= 0.3 is 23.4 Å². The third-order valence-electron chi connectivity index (χ3n) is 17.0. The number of anilines is 2. The van der Waals surface area contributed by atoms with Gasteiger partial charge in [-0.3, -0.25) is 28.8 Å². The SMILES string of the molecule is COc1ccc(Cn2c(=O)c([N+](=O)[O-])c(N3C[C@@H](C)N(C(=O)OC(C)(C)C)C[C@@H]3CO)c3cc(Cl)c(-c4c(F)cccc4OC)c(F)c32)cc1.COc1ccc(Cn2c(=O)c3c(c4cc(Cl)c(-c5c(F)cccc5OC)c(F)c42)N2C[C@@H](C)N(C(=O)OC(C)(C)C)C[C@@H]2CO3)cc1. The number of hydrogen-bond acceptors (Lipinski definition) is 16. The molecule has 0 saturated carbocycles. The topological polar surface area (TPSA) is 219 Å². The van der Waals surface area contributed by atoms with E-state index in [-0.39, 0.29) is 112 Å². The van der Waals surface area contributed by atoms with Crippen molar-refractivity contribution in [1.29, 1.82) is 0 Å². The third kappa shape index (κ3) is 13.8. The molecule has 4 atom stereocenters. The van der Waals surface area contributed by atoms with Gasteiger partial charge in [0.1, 0.15) is 58.1 Å². The number of aliphatic hydroxyl groups is 1. The zero-order chi connectivity index (χ0) is 70.4. The molecule has 97 heavy (non-hydrogen) atoms. The molecule has 6 aromatic carbocycles. The normalized spacial score (nSPS) is 17.0. The Hall–Kier alpha value is -9.46. The highest BCUT2D eigenvalue weighted by molar-refractivity contribution is 6.35. The third-order valence-corrected chi connectivity index (χ3v) is 17.6. The van der Waals surface area contributed by atoms with Crippen LogP contribution in [0.2, 0.25) is 10.0 Å². The molecular weight excluding hydrogens is 1310 g/mol. The number of aromatic nitrogens is 2. The number of benzene rings is 6. The molecule has 0 radical (unpaired) electrons. The maximum Gasteiger partial charge on any atom is 0.410 e. The van der Waals surface area contributed by atoms with Crippen molar-refractivity contribution in [2.45, 2.75) is 104 Å². The number of piperazine rings is 2. The first-order valence-electron chi connectivity index (χ1n) is 30.9. The van der Waals surface area contributed by atoms with Crippen LogP contribution in [0.5, 0.6) is 28.7 Å². The van der Waals surface area contributed by atoms with Gasteiger partial charge in [0.25, 0.3) is 5.56 Å². The van der Waals surface area contributed by atoms with Crippen LogP contribution in [0.15, 0.2) is 107 Å². The van der Waals surface area contributed by atoms with Crippen molar-refractivity contribution in [3.8, 4) is 51.0 Å². The van der Waals surface area contributed by atoms with Gasteiger partial charge in [0, 0.05) is 60.2 Å². The van der Waals surface area contributed by atoms with E-state index >= 15 is 17.6 Å². The molecule has 11 rings (SSSR count). The van der Waals surface area contributed by atoms with E-state index in [1.54, 1.807) is 115 Å². The van der Waals surface area contributed by atoms with Crippen molar-refractivity contribution < 1.29 is 70.3 Å². The lowest BCUT2D eigenvalue weighted by Crippen LogP contribution is -2.63. The van der Waals surface area contributed by atoms with Gasteiger partial charge in [-0.15, -0.1) is 0 Å². The first-order valence-corrected chi connectivity index (χ1v) is 31.7. The summed E-state index contributed by atoms with van der Waals surface area (Å²) in [5.74, 6) is -2.37. The van der Waals surface area contributed by atoms with Gasteiger partial charge in [-0.2, -0.15) is 0 Å². The molecule has 0 spiro atoms. The Labute approximate surface area is 565 Å². The van der Waals surface area contributed by atoms with E-state index in [2.05, 4.69) is 0 Å². The summed E-state index contributed by atoms with van der Waals surface area (Å²) >= 11 is 13.5. The van der Waals surface area contributed by atoms with Crippen LogP contribution < -0.4 is 44.6 Å². The number of carbonyl (C=O) groups excluding carboxylic acids is 2. The fraction of sp³-hybridized carbons (Fsp3) is 0.371. The predicted octanol–water partition coefficient (Wildman–Crippen LogP) is 13.3. The largest absolute Gasteiger partial charge is 0.497 e. The number of hydrogen-bond donors (Lipinski definition) is 1. The van der Waals surface area contributed by atoms with Gasteiger partial charge in [0.2, 0.25) is 5.75 Å². The number of nitro groups is 1. The number of amides is 2. The summed E-state index contributed by atoms with van der Waals surface area (Å²) in [5.41, 5.74) is -4.44. The number of halogens is 6. The van der Waals surface area contributed by atoms with E-state index in [1.165, 1.54) is 72.1 Å². The van der Waals surface area contributed by atoms with Gasteiger partial charge in [-0.1, -0.05) is 59.6 Å². The Morgan fingerprint density at radius 3 is 1.46 bits per heavy atom. The molecule has 2 amide bonds. The summed E-state index contributed by atoms with van der Waals surface area (Å²) in [6, 6.07) is 22.1. The smallest absolute Gasteiger partial charge is 0.410 e. The van der Waals surface area contributed by atoms with Crippen molar-refractivity contribution in [3.05, 3.63) is 172 Å². The van der Waals surface area contributed by atoms with Gasteiger partial charge in [0.15, 0.2) is 11.6 Å². The van der Waals surface area contributed by atoms with Crippen molar-refractivity contribution in [2.75, 3.05) is 77.6 Å². The number of carbonyl (C=O) groups is 2. The van der Waals surface area contributed by atoms with Crippen LogP contribution in [0.25, 0.3) is 44.1 Å². The average molecular weight is 1380 g/mol. The molecule has 3 aliphatic heterocycles. The standard InChI is InChI=1S/C35H37ClF2N4O8.C35H36ClF2N3O6/c1-19-15-40(21(18-43)17-39(19)34(45)50-35(2,3)4)31-23-14-24(36)27(28-25(37)8-7-9-26(28)49-6)29(38)30(23)41(33(44)32(31)42(46)47)16-20-10-12-22(48-5)13-11-20;1-19-15-40-21(17-39(19)34(43)47-35(2,3)4)18-46-32-31(40)23-14-24(36)27(28-25(37)8-7-9-26(28)45-6)29(38)30(23)41(33(32)42)16-20-10-12-22(44-5)13-11-20/h7-14,19,21,43H,15-18H2,1-6H3;7-14,19,21H,15-18H2,1-6H3/t2*19-,21-/m11/s1. The minimum atomic E-state index is -1.15. The highest BCUT2D eigenvalue weighted by atomic mass is 35.5. The highest BCUT2D eigenvalue weighted by Crippen LogP contribution is 2.49. The number of nitrogens with zero attached hydrogens (tertiary/aromatic N) is 7. The summed E-state index contributed by atoms with van der Waals surface area (Å²) in [6.45, 7) is 13.6. The number of rotatable bonds is 13. The van der Waals surface area contributed by atoms with E-state index in [0.717, 1.165) is 10.6 Å². The zero-order valence-electron chi connectivity index (χ0n) is 55.4. The fourth-order valence-electron chi connectivity index (χ4n) is 12.6. The van der Waals surface area contributed by atoms with Crippen LogP contribution in [-0.2, 0) is 22.6 Å². The van der Waals surface area contributed by atoms with Crippen LogP contribution in [0.3, 0.4) is 0 Å². The molecule has 1 N–H and O–H groups in total. The second-order valence-electron chi connectivity index (χ2n) is 25.7. The second kappa shape index (κ2) is 27.9. The molecule has 0 aliphatic carbocycles. The lowest BCUT2D eigenvalue weighted by Gasteiger charge is -2.48. The first kappa shape index (κ1) is 70.3. The number of methoxy groups -OCH3 is 4. The molecule has 21 nitrogen and oxygen atoms in total. The Balaban J connectivity index is 0.000000211. The molecule has 2 aromatic heterocycles. The number of pyridine rings is 2. The monoisotopic (exact) mass is 1380 g/mol. The van der Waals surface area contributed by atoms with Crippen molar-refractivity contribution in [3.63, 3.8) is 0 Å². The van der Waals surface area contributed by atoms with Gasteiger partial charge in [-0.05, 0) is 127 Å². The number of ether oxygens (including phenoxy) is 7. The van der Waals surface area contributed by atoms with E-state index in [4.69, 9.17) is 56.4 Å². The molecule has 2 saturated heterocycles. The van der Waals surface area contributed by atoms with Gasteiger partial charge in [0.05, 0.1) is 103 Å². The van der Waals surface area contributed by atoms with Crippen molar-refractivity contribution >= 4 is 74.3 Å². The second-order valence-corrected chi connectivity index (χ2v) is 26.5. The summed E-state index contributed by atoms with van der Waals surface area (Å²) in [6.07, 6.45) is -1.11. The Morgan fingerprint density at radius 1 is 0.608 bits per heavy atom. The van der Waals surface area contributed by atoms with Gasteiger partial charge < -0.3 is 57.9 Å². The summed E-state index contributed by atoms with van der Waals surface area (Å²) in [7, 11) is 5.66. The fourth-order valence-corrected chi connectivity index (χ4v) is 13.1. The molecule has 27 heteroatoms. The quantitative estimate of drug-likeness (QED) is 0.0644. The van der Waals surface area contributed by atoms with Crippen LogP contribution in [-0.4, -0.2) is 144 Å². The Morgan fingerprint density at radius 2 is 1.04 bits per heavy atom. The number of aliphatic hydroxyl groups excluding tert-OH is 1. The molecule has 0 unspecified atom stereocenters. The molecule has 8 aromatic rings. The van der Waals surface area contributed by atoms with Crippen molar-refractivity contribution in [2.24, 2.45) is 0 Å². The zero-order valence-corrected chi connectivity index (χ0v) is 56.9. The lowest BCUT2D eigenvalue weighted by molar-refractivity contribution is -0.385. The van der Waals surface area contributed by atoms with Crippen molar-refractivity contribution in [1.82, 2.24) is 18.9 Å². The Bertz CT molecular complexity index is 4510. The maximum atomic E-state index is 17.2.